The molecule has 118 valence electrons. The minimum absolute atomic E-state index is 0.189. The lowest BCUT2D eigenvalue weighted by molar-refractivity contribution is 0.469. The largest absolute Gasteiger partial charge is 0.459 e. The molecule has 1 unspecified atom stereocenters. The van der Waals surface area contributed by atoms with Crippen LogP contribution in [0, 0.1) is 5.82 Å². The van der Waals surface area contributed by atoms with E-state index in [4.69, 9.17) is 4.42 Å². The summed E-state index contributed by atoms with van der Waals surface area (Å²) in [6.07, 6.45) is 5.33. The van der Waals surface area contributed by atoms with E-state index in [1.807, 2.05) is 53.2 Å². The Morgan fingerprint density at radius 1 is 0.917 bits per heavy atom. The van der Waals surface area contributed by atoms with Gasteiger partial charge in [0.1, 0.15) is 23.4 Å². The molecule has 24 heavy (non-hydrogen) atoms. The van der Waals surface area contributed by atoms with Crippen molar-refractivity contribution < 1.29 is 8.81 Å². The molecule has 2 aromatic carbocycles. The van der Waals surface area contributed by atoms with E-state index in [0.29, 0.717) is 0 Å². The molecule has 2 heterocycles. The molecular formula is C20H15FN2O. The summed E-state index contributed by atoms with van der Waals surface area (Å²) in [7, 11) is 0. The SMILES string of the molecule is Fc1ccc(C(c2ccc(-c3ccccc3)o2)n2ccnc2)cc1. The van der Waals surface area contributed by atoms with Crippen LogP contribution in [0.4, 0.5) is 4.39 Å². The molecule has 1 atom stereocenters. The predicted molar refractivity (Wildman–Crippen MR) is 90.0 cm³/mol. The van der Waals surface area contributed by atoms with Crippen LogP contribution in [0.1, 0.15) is 17.4 Å². The summed E-state index contributed by atoms with van der Waals surface area (Å²) in [5.41, 5.74) is 1.95. The molecule has 0 aliphatic rings. The van der Waals surface area contributed by atoms with Crippen LogP contribution < -0.4 is 0 Å². The van der Waals surface area contributed by atoms with Crippen molar-refractivity contribution in [2.24, 2.45) is 0 Å². The first-order valence-electron chi connectivity index (χ1n) is 7.69. The zero-order valence-corrected chi connectivity index (χ0v) is 12.8. The van der Waals surface area contributed by atoms with Gasteiger partial charge in [-0.25, -0.2) is 9.37 Å². The average Bonchev–Trinajstić information content (AvgIpc) is 3.30. The quantitative estimate of drug-likeness (QED) is 0.535. The van der Waals surface area contributed by atoms with Gasteiger partial charge in [0.05, 0.1) is 6.33 Å². The topological polar surface area (TPSA) is 31.0 Å². The highest BCUT2D eigenvalue weighted by molar-refractivity contribution is 5.57. The lowest BCUT2D eigenvalue weighted by Crippen LogP contribution is -2.09. The van der Waals surface area contributed by atoms with Gasteiger partial charge in [-0.1, -0.05) is 42.5 Å². The van der Waals surface area contributed by atoms with Crippen molar-refractivity contribution in [3.8, 4) is 11.3 Å². The lowest BCUT2D eigenvalue weighted by Gasteiger charge is -2.16. The fraction of sp³-hybridized carbons (Fsp3) is 0.0500. The lowest BCUT2D eigenvalue weighted by atomic mass is 10.0. The van der Waals surface area contributed by atoms with Gasteiger partial charge in [0.2, 0.25) is 0 Å². The molecule has 0 amide bonds. The normalized spacial score (nSPS) is 12.2. The van der Waals surface area contributed by atoms with Crippen LogP contribution in [0.3, 0.4) is 0 Å². The van der Waals surface area contributed by atoms with E-state index >= 15 is 0 Å². The number of hydrogen-bond acceptors (Lipinski definition) is 2. The molecule has 4 rings (SSSR count). The molecule has 0 aliphatic carbocycles. The van der Waals surface area contributed by atoms with Crippen molar-refractivity contribution in [1.29, 1.82) is 0 Å². The highest BCUT2D eigenvalue weighted by atomic mass is 19.1. The van der Waals surface area contributed by atoms with Crippen molar-refractivity contribution in [1.82, 2.24) is 9.55 Å². The van der Waals surface area contributed by atoms with Crippen LogP contribution in [0.15, 0.2) is 89.9 Å². The van der Waals surface area contributed by atoms with Crippen LogP contribution in [0.5, 0.6) is 0 Å². The minimum atomic E-state index is -0.257. The van der Waals surface area contributed by atoms with E-state index in [2.05, 4.69) is 4.98 Å². The van der Waals surface area contributed by atoms with Crippen molar-refractivity contribution >= 4 is 0 Å². The Labute approximate surface area is 139 Å². The van der Waals surface area contributed by atoms with Gasteiger partial charge in [0.25, 0.3) is 0 Å². The molecular weight excluding hydrogens is 303 g/mol. The maximum Gasteiger partial charge on any atom is 0.134 e. The van der Waals surface area contributed by atoms with E-state index in [1.54, 1.807) is 24.7 Å². The zero-order valence-electron chi connectivity index (χ0n) is 12.8. The first-order valence-corrected chi connectivity index (χ1v) is 7.69. The Morgan fingerprint density at radius 3 is 2.42 bits per heavy atom. The van der Waals surface area contributed by atoms with Gasteiger partial charge in [-0.05, 0) is 29.8 Å². The molecule has 4 aromatic rings. The molecule has 0 saturated heterocycles. The molecule has 0 N–H and O–H groups in total. The maximum atomic E-state index is 13.3. The smallest absolute Gasteiger partial charge is 0.134 e. The molecule has 0 spiro atoms. The number of benzene rings is 2. The second kappa shape index (κ2) is 6.16. The van der Waals surface area contributed by atoms with Crippen LogP contribution in [-0.2, 0) is 0 Å². The van der Waals surface area contributed by atoms with Crippen LogP contribution in [0.2, 0.25) is 0 Å². The number of hydrogen-bond donors (Lipinski definition) is 0. The Morgan fingerprint density at radius 2 is 1.71 bits per heavy atom. The zero-order chi connectivity index (χ0) is 16.4. The third kappa shape index (κ3) is 2.74. The summed E-state index contributed by atoms with van der Waals surface area (Å²) in [4.78, 5) is 4.12. The number of rotatable bonds is 4. The van der Waals surface area contributed by atoms with E-state index in [1.165, 1.54) is 12.1 Å². The van der Waals surface area contributed by atoms with Crippen LogP contribution >= 0.6 is 0 Å². The summed E-state index contributed by atoms with van der Waals surface area (Å²) >= 11 is 0. The molecule has 0 aliphatic heterocycles. The Hall–Kier alpha value is -3.14. The van der Waals surface area contributed by atoms with Gasteiger partial charge >= 0.3 is 0 Å². The molecule has 4 heteroatoms. The molecule has 0 fully saturated rings. The third-order valence-electron chi connectivity index (χ3n) is 3.96. The van der Waals surface area contributed by atoms with Gasteiger partial charge in [-0.2, -0.15) is 0 Å². The van der Waals surface area contributed by atoms with Crippen LogP contribution in [0.25, 0.3) is 11.3 Å². The van der Waals surface area contributed by atoms with Crippen molar-refractivity contribution in [2.75, 3.05) is 0 Å². The van der Waals surface area contributed by atoms with Crippen molar-refractivity contribution in [2.45, 2.75) is 6.04 Å². The fourth-order valence-electron chi connectivity index (χ4n) is 2.81. The number of nitrogens with zero attached hydrogens (tertiary/aromatic N) is 2. The van der Waals surface area contributed by atoms with Gasteiger partial charge < -0.3 is 8.98 Å². The van der Waals surface area contributed by atoms with Crippen molar-refractivity contribution in [3.05, 3.63) is 103 Å². The first-order chi connectivity index (χ1) is 11.8. The van der Waals surface area contributed by atoms with E-state index in [0.717, 1.165) is 22.6 Å². The monoisotopic (exact) mass is 318 g/mol. The highest BCUT2D eigenvalue weighted by Gasteiger charge is 2.20. The Kier molecular flexibility index (Phi) is 3.71. The summed E-state index contributed by atoms with van der Waals surface area (Å²) < 4.78 is 21.3. The first kappa shape index (κ1) is 14.5. The maximum absolute atomic E-state index is 13.3. The summed E-state index contributed by atoms with van der Waals surface area (Å²) in [6.45, 7) is 0. The predicted octanol–water partition coefficient (Wildman–Crippen LogP) is 4.92. The van der Waals surface area contributed by atoms with Gasteiger partial charge in [-0.15, -0.1) is 0 Å². The van der Waals surface area contributed by atoms with Gasteiger partial charge in [0.15, 0.2) is 0 Å². The van der Waals surface area contributed by atoms with E-state index in [-0.39, 0.29) is 11.9 Å². The number of halogens is 1. The fourth-order valence-corrected chi connectivity index (χ4v) is 2.81. The van der Waals surface area contributed by atoms with E-state index in [9.17, 15) is 4.39 Å². The van der Waals surface area contributed by atoms with Gasteiger partial charge in [-0.3, -0.25) is 0 Å². The number of aromatic nitrogens is 2. The standard InChI is InChI=1S/C20H15FN2O/c21-17-8-6-16(7-9-17)20(23-13-12-22-14-23)19-11-10-18(24-19)15-4-2-1-3-5-15/h1-14,20H. The number of furan rings is 1. The molecule has 0 bridgehead atoms. The summed E-state index contributed by atoms with van der Waals surface area (Å²) in [5.74, 6) is 1.32. The second-order valence-corrected chi connectivity index (χ2v) is 5.53. The molecule has 0 saturated carbocycles. The highest BCUT2D eigenvalue weighted by Crippen LogP contribution is 2.31. The minimum Gasteiger partial charge on any atom is -0.459 e. The summed E-state index contributed by atoms with van der Waals surface area (Å²) in [5, 5.41) is 0. The average molecular weight is 318 g/mol. The second-order valence-electron chi connectivity index (χ2n) is 5.53. The van der Waals surface area contributed by atoms with E-state index < -0.39 is 0 Å². The third-order valence-corrected chi connectivity index (χ3v) is 3.96. The number of imidazole rings is 1. The Balaban J connectivity index is 1.77. The van der Waals surface area contributed by atoms with Gasteiger partial charge in [0, 0.05) is 18.0 Å². The Bertz CT molecular complexity index is 912. The molecule has 2 aromatic heterocycles. The molecule has 0 radical (unpaired) electrons. The van der Waals surface area contributed by atoms with Crippen molar-refractivity contribution in [3.63, 3.8) is 0 Å². The summed E-state index contributed by atoms with van der Waals surface area (Å²) in [6, 6.07) is 20.1. The molecule has 3 nitrogen and oxygen atoms in total. The van der Waals surface area contributed by atoms with Crippen LogP contribution in [-0.4, -0.2) is 9.55 Å².